The van der Waals surface area contributed by atoms with E-state index in [9.17, 15) is 4.79 Å². The molecule has 1 aromatic rings. The monoisotopic (exact) mass is 503 g/mol. The number of benzene rings is 1. The lowest BCUT2D eigenvalue weighted by atomic mass is 9.68. The Morgan fingerprint density at radius 3 is 2.46 bits per heavy atom. The van der Waals surface area contributed by atoms with Gasteiger partial charge in [-0.2, -0.15) is 0 Å². The summed E-state index contributed by atoms with van der Waals surface area (Å²) >= 11 is 0. The number of likely N-dealkylation sites (tertiary alicyclic amines) is 1. The topological polar surface area (TPSA) is 66.5 Å². The molecule has 35 heavy (non-hydrogen) atoms. The van der Waals surface area contributed by atoms with E-state index < -0.39 is 19.3 Å². The molecule has 2 heterocycles. The molecule has 0 N–H and O–H groups in total. The van der Waals surface area contributed by atoms with E-state index in [2.05, 4.69) is 45.1 Å². The average Bonchev–Trinajstić information content (AvgIpc) is 3.43. The van der Waals surface area contributed by atoms with E-state index in [1.165, 1.54) is 0 Å². The molecule has 1 amide bonds. The molecule has 0 aromatic heterocycles. The van der Waals surface area contributed by atoms with Gasteiger partial charge in [0.05, 0.1) is 30.2 Å². The quantitative estimate of drug-likeness (QED) is 0.354. The minimum Gasteiger partial charge on any atom is -0.454 e. The average molecular weight is 504 g/mol. The third-order valence-corrected chi connectivity index (χ3v) is 12.6. The summed E-state index contributed by atoms with van der Waals surface area (Å²) in [6.45, 7) is 13.1. The van der Waals surface area contributed by atoms with Crippen molar-refractivity contribution < 1.29 is 28.2 Å². The van der Waals surface area contributed by atoms with Crippen molar-refractivity contribution in [2.45, 2.75) is 95.4 Å². The Kier molecular flexibility index (Phi) is 7.28. The molecule has 0 radical (unpaired) electrons. The highest BCUT2D eigenvalue weighted by Gasteiger charge is 2.59. The summed E-state index contributed by atoms with van der Waals surface area (Å²) in [6.07, 6.45) is 4.43. The molecule has 0 spiro atoms. The second-order valence-electron chi connectivity index (χ2n) is 10.9. The lowest BCUT2D eigenvalue weighted by Gasteiger charge is -2.45. The largest absolute Gasteiger partial charge is 0.454 e. The molecule has 2 aliphatic heterocycles. The number of rotatable bonds is 7. The predicted octanol–water partition coefficient (Wildman–Crippen LogP) is 5.64. The van der Waals surface area contributed by atoms with E-state index >= 15 is 0 Å². The molecule has 7 nitrogen and oxygen atoms in total. The van der Waals surface area contributed by atoms with Crippen LogP contribution in [0.25, 0.3) is 0 Å². The second-order valence-corrected chi connectivity index (χ2v) is 15.6. The van der Waals surface area contributed by atoms with Crippen molar-refractivity contribution in [1.29, 1.82) is 0 Å². The normalized spacial score (nSPS) is 27.7. The highest BCUT2D eigenvalue weighted by Crippen LogP contribution is 2.51. The number of nitrogens with zero attached hydrogens (tertiary/aromatic N) is 1. The van der Waals surface area contributed by atoms with Crippen molar-refractivity contribution in [3.8, 4) is 11.5 Å². The van der Waals surface area contributed by atoms with E-state index in [0.29, 0.717) is 13.0 Å². The van der Waals surface area contributed by atoms with Crippen LogP contribution < -0.4 is 9.47 Å². The van der Waals surface area contributed by atoms with E-state index in [0.717, 1.165) is 35.2 Å². The smallest absolute Gasteiger partial charge is 0.410 e. The number of fused-ring (bicyclic) bond motifs is 2. The molecule has 4 atom stereocenters. The maximum atomic E-state index is 13.5. The molecule has 4 rings (SSSR count). The molecular formula is C27H41NO6Si. The first-order valence-corrected chi connectivity index (χ1v) is 15.4. The van der Waals surface area contributed by atoms with Crippen LogP contribution in [0.3, 0.4) is 0 Å². The van der Waals surface area contributed by atoms with Crippen LogP contribution in [0.5, 0.6) is 11.5 Å². The highest BCUT2D eigenvalue weighted by atomic mass is 28.4. The van der Waals surface area contributed by atoms with Gasteiger partial charge in [0.1, 0.15) is 5.60 Å². The van der Waals surface area contributed by atoms with E-state index in [1.54, 1.807) is 7.11 Å². The van der Waals surface area contributed by atoms with Gasteiger partial charge in [-0.3, -0.25) is 0 Å². The number of ether oxygens (including phenoxy) is 4. The molecular weight excluding hydrogens is 462 g/mol. The summed E-state index contributed by atoms with van der Waals surface area (Å²) in [6, 6.07) is 9.07. The second kappa shape index (κ2) is 9.79. The summed E-state index contributed by atoms with van der Waals surface area (Å²) in [7, 11) is -0.281. The fourth-order valence-electron chi connectivity index (χ4n) is 5.81. The maximum Gasteiger partial charge on any atom is 0.410 e. The number of methoxy groups -OCH3 is 1. The van der Waals surface area contributed by atoms with E-state index in [1.807, 2.05) is 31.7 Å². The van der Waals surface area contributed by atoms with E-state index in [-0.39, 0.29) is 31.1 Å². The molecule has 194 valence electrons. The summed E-state index contributed by atoms with van der Waals surface area (Å²) in [5.41, 5.74) is -0.0537. The molecule has 8 heteroatoms. The van der Waals surface area contributed by atoms with Gasteiger partial charge in [-0.15, -0.1) is 0 Å². The zero-order valence-corrected chi connectivity index (χ0v) is 23.3. The van der Waals surface area contributed by atoms with Crippen molar-refractivity contribution in [3.05, 3.63) is 35.9 Å². The van der Waals surface area contributed by atoms with Crippen LogP contribution in [0.4, 0.5) is 4.79 Å². The molecule has 1 saturated heterocycles. The first-order chi connectivity index (χ1) is 16.6. The zero-order valence-electron chi connectivity index (χ0n) is 22.3. The zero-order chi connectivity index (χ0) is 25.4. The molecule has 3 aliphatic rings. The minimum absolute atomic E-state index is 0.0867. The van der Waals surface area contributed by atoms with Crippen molar-refractivity contribution in [1.82, 2.24) is 4.90 Å². The van der Waals surface area contributed by atoms with Gasteiger partial charge >= 0.3 is 6.09 Å². The fraction of sp³-hybridized carbons (Fsp3) is 0.667. The molecule has 0 unspecified atom stereocenters. The van der Waals surface area contributed by atoms with Gasteiger partial charge in [-0.05, 0) is 63.0 Å². The summed E-state index contributed by atoms with van der Waals surface area (Å²) in [5.74, 6) is 1.48. The van der Waals surface area contributed by atoms with E-state index in [4.69, 9.17) is 23.4 Å². The van der Waals surface area contributed by atoms with Crippen molar-refractivity contribution >= 4 is 14.4 Å². The van der Waals surface area contributed by atoms with Gasteiger partial charge in [0.15, 0.2) is 19.8 Å². The summed E-state index contributed by atoms with van der Waals surface area (Å²) in [5, 5.41) is 0. The highest BCUT2D eigenvalue weighted by molar-refractivity contribution is 6.73. The van der Waals surface area contributed by atoms with Crippen LogP contribution in [0.1, 0.15) is 53.5 Å². The Morgan fingerprint density at radius 1 is 1.14 bits per heavy atom. The van der Waals surface area contributed by atoms with Crippen LogP contribution in [0.2, 0.25) is 18.1 Å². The molecule has 1 aromatic carbocycles. The lowest BCUT2D eigenvalue weighted by molar-refractivity contribution is 0.0130. The van der Waals surface area contributed by atoms with Gasteiger partial charge in [0.25, 0.3) is 0 Å². The molecule has 1 fully saturated rings. The van der Waals surface area contributed by atoms with Gasteiger partial charge in [-0.25, -0.2) is 4.79 Å². The molecule has 0 saturated carbocycles. The number of amides is 1. The van der Waals surface area contributed by atoms with Gasteiger partial charge in [0, 0.05) is 7.11 Å². The molecule has 1 aliphatic carbocycles. The molecule has 0 bridgehead atoms. The lowest BCUT2D eigenvalue weighted by Crippen LogP contribution is -2.53. The standard InChI is InChI=1S/C27H41NO6Si/c1-8-35(9-2,10-3)34-24-17-28(25(29)33-26(4,5)6)23-16-20(30-7)13-14-27(23,24)19-11-12-21-22(15-19)32-18-31-21/h11-15,20,23-24H,8-10,16-18H2,1-7H3/t20-,23+,24+,27+/m1/s1. The van der Waals surface area contributed by atoms with Crippen molar-refractivity contribution in [3.63, 3.8) is 0 Å². The predicted molar refractivity (Wildman–Crippen MR) is 138 cm³/mol. The third-order valence-electron chi connectivity index (χ3n) is 7.99. The number of hydrogen-bond donors (Lipinski definition) is 0. The number of carbonyl (C=O) groups is 1. The Hall–Kier alpha value is -2.03. The van der Waals surface area contributed by atoms with Crippen LogP contribution in [0, 0.1) is 0 Å². The Labute approximate surface area is 210 Å². The summed E-state index contributed by atoms with van der Waals surface area (Å²) < 4.78 is 30.2. The van der Waals surface area contributed by atoms with Crippen LogP contribution in [-0.4, -0.2) is 63.6 Å². The van der Waals surface area contributed by atoms with Crippen LogP contribution in [-0.2, 0) is 19.3 Å². The Balaban J connectivity index is 1.85. The number of hydrogen-bond acceptors (Lipinski definition) is 6. The Bertz CT molecular complexity index is 947. The van der Waals surface area contributed by atoms with Gasteiger partial charge in [-0.1, -0.05) is 39.0 Å². The SMILES string of the molecule is CC[Si](CC)(CC)O[C@H]1CN(C(=O)OC(C)(C)C)[C@H]2C[C@H](OC)C=C[C@@]12c1ccc2c(c1)OCO2. The Morgan fingerprint density at radius 2 is 1.83 bits per heavy atom. The van der Waals surface area contributed by atoms with Gasteiger partial charge < -0.3 is 28.3 Å². The van der Waals surface area contributed by atoms with Crippen LogP contribution >= 0.6 is 0 Å². The minimum atomic E-state index is -2.00. The van der Waals surface area contributed by atoms with Crippen molar-refractivity contribution in [2.24, 2.45) is 0 Å². The fourth-order valence-corrected chi connectivity index (χ4v) is 8.68. The number of carbonyl (C=O) groups excluding carboxylic acids is 1. The first kappa shape index (κ1) is 26.0. The van der Waals surface area contributed by atoms with Crippen LogP contribution in [0.15, 0.2) is 30.4 Å². The third kappa shape index (κ3) is 4.72. The van der Waals surface area contributed by atoms with Gasteiger partial charge in [0.2, 0.25) is 6.79 Å². The first-order valence-electron chi connectivity index (χ1n) is 12.9. The maximum absolute atomic E-state index is 13.5. The summed E-state index contributed by atoms with van der Waals surface area (Å²) in [4.78, 5) is 15.4. The van der Waals surface area contributed by atoms with Crippen molar-refractivity contribution in [2.75, 3.05) is 20.4 Å².